The maximum absolute atomic E-state index is 12.6. The Balaban J connectivity index is 1.61. The standard InChI is InChI=1S/C23H34N6O4/c1-23(2,24)21(31)27-19(10-6-9-17-7-4-3-5-8-17)20-25-16-26-29(20)13-14-33-22(32)28-12-11-18(30)15-28/h3-5,7-8,16,18-19,30H,6,9-15,24H2,1-2H3,(H,27,31)/t18-,19?/m1/s1. The highest BCUT2D eigenvalue weighted by Crippen LogP contribution is 2.19. The fraction of sp³-hybridized carbons (Fsp3) is 0.565. The molecule has 1 aromatic carbocycles. The van der Waals surface area contributed by atoms with Gasteiger partial charge in [0.2, 0.25) is 5.91 Å². The number of ether oxygens (including phenoxy) is 1. The van der Waals surface area contributed by atoms with Crippen LogP contribution in [-0.4, -0.2) is 68.1 Å². The number of β-amino-alcohol motifs (C(OH)–C–C–N with tert-alkyl or cyclic N) is 1. The van der Waals surface area contributed by atoms with Gasteiger partial charge in [0.05, 0.1) is 24.2 Å². The number of hydrogen-bond donors (Lipinski definition) is 3. The van der Waals surface area contributed by atoms with Crippen LogP contribution in [0.1, 0.15) is 50.5 Å². The van der Waals surface area contributed by atoms with Crippen molar-refractivity contribution >= 4 is 12.0 Å². The number of benzene rings is 1. The number of aliphatic hydroxyl groups is 1. The van der Waals surface area contributed by atoms with Gasteiger partial charge in [0.1, 0.15) is 18.8 Å². The molecule has 33 heavy (non-hydrogen) atoms. The molecule has 0 bridgehead atoms. The molecule has 4 N–H and O–H groups in total. The van der Waals surface area contributed by atoms with Crippen LogP contribution in [0.4, 0.5) is 4.79 Å². The molecule has 0 radical (unpaired) electrons. The topological polar surface area (TPSA) is 136 Å². The molecule has 1 fully saturated rings. The van der Waals surface area contributed by atoms with Crippen molar-refractivity contribution in [2.24, 2.45) is 5.73 Å². The third-order valence-corrected chi connectivity index (χ3v) is 5.60. The first-order valence-electron chi connectivity index (χ1n) is 11.4. The van der Waals surface area contributed by atoms with Crippen molar-refractivity contribution in [2.45, 2.75) is 63.8 Å². The fourth-order valence-corrected chi connectivity index (χ4v) is 3.70. The van der Waals surface area contributed by atoms with Crippen molar-refractivity contribution in [1.29, 1.82) is 0 Å². The summed E-state index contributed by atoms with van der Waals surface area (Å²) < 4.78 is 6.98. The summed E-state index contributed by atoms with van der Waals surface area (Å²) in [5.41, 5.74) is 6.18. The summed E-state index contributed by atoms with van der Waals surface area (Å²) in [4.78, 5) is 30.6. The lowest BCUT2D eigenvalue weighted by atomic mass is 10.0. The molecule has 1 aliphatic heterocycles. The van der Waals surface area contributed by atoms with Gasteiger partial charge in [-0.1, -0.05) is 30.3 Å². The summed E-state index contributed by atoms with van der Waals surface area (Å²) in [6.45, 7) is 4.49. The summed E-state index contributed by atoms with van der Waals surface area (Å²) in [5.74, 6) is 0.314. The lowest BCUT2D eigenvalue weighted by Gasteiger charge is -2.24. The summed E-state index contributed by atoms with van der Waals surface area (Å²) in [6.07, 6.45) is 3.40. The predicted octanol–water partition coefficient (Wildman–Crippen LogP) is 1.40. The van der Waals surface area contributed by atoms with E-state index < -0.39 is 17.7 Å². The van der Waals surface area contributed by atoms with Gasteiger partial charge in [-0.15, -0.1) is 0 Å². The number of aromatic nitrogens is 3. The summed E-state index contributed by atoms with van der Waals surface area (Å²) in [6, 6.07) is 9.77. The van der Waals surface area contributed by atoms with Crippen molar-refractivity contribution in [3.63, 3.8) is 0 Å². The van der Waals surface area contributed by atoms with E-state index >= 15 is 0 Å². The number of rotatable bonds is 10. The van der Waals surface area contributed by atoms with Gasteiger partial charge in [-0.25, -0.2) is 14.5 Å². The normalized spacial score (nSPS) is 17.1. The zero-order valence-corrected chi connectivity index (χ0v) is 19.3. The number of aryl methyl sites for hydroxylation is 1. The summed E-state index contributed by atoms with van der Waals surface area (Å²) in [5, 5.41) is 16.8. The van der Waals surface area contributed by atoms with Crippen molar-refractivity contribution in [2.75, 3.05) is 19.7 Å². The molecule has 2 aromatic rings. The molecule has 0 spiro atoms. The predicted molar refractivity (Wildman–Crippen MR) is 122 cm³/mol. The van der Waals surface area contributed by atoms with Crippen LogP contribution in [0.15, 0.2) is 36.7 Å². The molecule has 2 heterocycles. The highest BCUT2D eigenvalue weighted by atomic mass is 16.6. The molecule has 0 aliphatic carbocycles. The van der Waals surface area contributed by atoms with E-state index in [2.05, 4.69) is 27.5 Å². The lowest BCUT2D eigenvalue weighted by molar-refractivity contribution is -0.126. The molecule has 10 heteroatoms. The quantitative estimate of drug-likeness (QED) is 0.490. The summed E-state index contributed by atoms with van der Waals surface area (Å²) in [7, 11) is 0. The Bertz CT molecular complexity index is 911. The van der Waals surface area contributed by atoms with Crippen LogP contribution in [0.2, 0.25) is 0 Å². The molecule has 1 aliphatic rings. The first-order valence-corrected chi connectivity index (χ1v) is 11.4. The second-order valence-electron chi connectivity index (χ2n) is 8.97. The van der Waals surface area contributed by atoms with E-state index in [0.717, 1.165) is 12.8 Å². The van der Waals surface area contributed by atoms with Crippen molar-refractivity contribution in [3.05, 3.63) is 48.0 Å². The van der Waals surface area contributed by atoms with Crippen molar-refractivity contribution < 1.29 is 19.4 Å². The molecule has 0 saturated carbocycles. The zero-order chi connectivity index (χ0) is 23.8. The van der Waals surface area contributed by atoms with E-state index in [-0.39, 0.29) is 25.1 Å². The Morgan fingerprint density at radius 1 is 1.33 bits per heavy atom. The molecule has 2 amide bonds. The van der Waals surface area contributed by atoms with Gasteiger partial charge in [-0.05, 0) is 45.1 Å². The smallest absolute Gasteiger partial charge is 0.409 e. The average Bonchev–Trinajstić information content (AvgIpc) is 3.42. The van der Waals surface area contributed by atoms with Crippen molar-refractivity contribution in [1.82, 2.24) is 25.0 Å². The number of likely N-dealkylation sites (tertiary alicyclic amines) is 1. The van der Waals surface area contributed by atoms with Crippen LogP contribution in [0.25, 0.3) is 0 Å². The van der Waals surface area contributed by atoms with Gasteiger partial charge in [-0.3, -0.25) is 4.79 Å². The van der Waals surface area contributed by atoms with E-state index in [4.69, 9.17) is 10.5 Å². The Labute approximate surface area is 194 Å². The SMILES string of the molecule is CC(C)(N)C(=O)NC(CCCc1ccccc1)c1ncnn1CCOC(=O)N1CC[C@@H](O)C1. The van der Waals surface area contributed by atoms with Crippen LogP contribution in [0.5, 0.6) is 0 Å². The van der Waals surface area contributed by atoms with Gasteiger partial charge < -0.3 is 25.8 Å². The van der Waals surface area contributed by atoms with E-state index in [1.807, 2.05) is 18.2 Å². The largest absolute Gasteiger partial charge is 0.447 e. The highest BCUT2D eigenvalue weighted by Gasteiger charge is 2.28. The van der Waals surface area contributed by atoms with Gasteiger partial charge in [0.15, 0.2) is 0 Å². The van der Waals surface area contributed by atoms with Gasteiger partial charge in [0, 0.05) is 13.1 Å². The number of nitrogens with one attached hydrogen (secondary N) is 1. The van der Waals surface area contributed by atoms with E-state index in [1.54, 1.807) is 18.5 Å². The molecule has 2 atom stereocenters. The Morgan fingerprint density at radius 2 is 2.09 bits per heavy atom. The molecule has 1 aromatic heterocycles. The fourth-order valence-electron chi connectivity index (χ4n) is 3.70. The minimum Gasteiger partial charge on any atom is -0.447 e. The number of amides is 2. The lowest BCUT2D eigenvalue weighted by Crippen LogP contribution is -2.50. The minimum atomic E-state index is -1.03. The number of nitrogens with zero attached hydrogens (tertiary/aromatic N) is 4. The Hall–Kier alpha value is -2.98. The third kappa shape index (κ3) is 7.26. The summed E-state index contributed by atoms with van der Waals surface area (Å²) >= 11 is 0. The molecule has 3 rings (SSSR count). The molecular weight excluding hydrogens is 424 g/mol. The van der Waals surface area contributed by atoms with Crippen LogP contribution in [-0.2, 0) is 22.5 Å². The number of nitrogens with two attached hydrogens (primary N) is 1. The monoisotopic (exact) mass is 458 g/mol. The third-order valence-electron chi connectivity index (χ3n) is 5.60. The van der Waals surface area contributed by atoms with Gasteiger partial charge >= 0.3 is 6.09 Å². The number of hydrogen-bond acceptors (Lipinski definition) is 7. The minimum absolute atomic E-state index is 0.106. The van der Waals surface area contributed by atoms with E-state index in [0.29, 0.717) is 31.8 Å². The Kier molecular flexibility index (Phi) is 8.40. The second-order valence-corrected chi connectivity index (χ2v) is 8.97. The molecule has 10 nitrogen and oxygen atoms in total. The van der Waals surface area contributed by atoms with E-state index in [9.17, 15) is 14.7 Å². The van der Waals surface area contributed by atoms with Crippen molar-refractivity contribution in [3.8, 4) is 0 Å². The zero-order valence-electron chi connectivity index (χ0n) is 19.3. The van der Waals surface area contributed by atoms with Crippen LogP contribution in [0.3, 0.4) is 0 Å². The molecular formula is C23H34N6O4. The molecule has 1 saturated heterocycles. The van der Waals surface area contributed by atoms with Crippen LogP contribution in [0, 0.1) is 0 Å². The maximum atomic E-state index is 12.6. The second kappa shape index (κ2) is 11.2. The van der Waals surface area contributed by atoms with Gasteiger partial charge in [0.25, 0.3) is 0 Å². The van der Waals surface area contributed by atoms with Crippen LogP contribution < -0.4 is 11.1 Å². The number of carbonyl (C=O) groups is 2. The molecule has 1 unspecified atom stereocenters. The van der Waals surface area contributed by atoms with E-state index in [1.165, 1.54) is 16.8 Å². The number of aliphatic hydroxyl groups excluding tert-OH is 1. The van der Waals surface area contributed by atoms with Crippen LogP contribution >= 0.6 is 0 Å². The number of carbonyl (C=O) groups excluding carboxylic acids is 2. The first-order chi connectivity index (χ1) is 15.7. The first kappa shape index (κ1) is 24.7. The van der Waals surface area contributed by atoms with Gasteiger partial charge in [-0.2, -0.15) is 5.10 Å². The highest BCUT2D eigenvalue weighted by molar-refractivity contribution is 5.85. The Morgan fingerprint density at radius 3 is 2.76 bits per heavy atom. The molecule has 180 valence electrons. The average molecular weight is 459 g/mol. The maximum Gasteiger partial charge on any atom is 0.409 e.